The van der Waals surface area contributed by atoms with Gasteiger partial charge in [-0.3, -0.25) is 14.5 Å². The second-order valence-corrected chi connectivity index (χ2v) is 14.4. The number of aliphatic hydroxyl groups is 1. The number of halogens is 2. The first-order valence-electron chi connectivity index (χ1n) is 13.7. The Bertz CT molecular complexity index is 1720. The summed E-state index contributed by atoms with van der Waals surface area (Å²) < 4.78 is 31.3. The second kappa shape index (κ2) is 11.3. The second-order valence-electron chi connectivity index (χ2n) is 11.7. The molecule has 10 nitrogen and oxygen atoms in total. The van der Waals surface area contributed by atoms with E-state index in [1.165, 1.54) is 25.9 Å². The van der Waals surface area contributed by atoms with Gasteiger partial charge in [-0.25, -0.2) is 8.42 Å². The Morgan fingerprint density at radius 3 is 2.40 bits per heavy atom. The van der Waals surface area contributed by atoms with Crippen LogP contribution in [0.25, 0.3) is 0 Å². The highest BCUT2D eigenvalue weighted by Crippen LogP contribution is 2.46. The summed E-state index contributed by atoms with van der Waals surface area (Å²) in [5.41, 5.74) is -1.04. The number of carbonyl (C=O) groups is 2. The first-order chi connectivity index (χ1) is 20.2. The van der Waals surface area contributed by atoms with E-state index >= 15 is 0 Å². The third kappa shape index (κ3) is 5.78. The zero-order valence-corrected chi connectivity index (χ0v) is 26.2. The Morgan fingerprint density at radius 2 is 1.79 bits per heavy atom. The molecule has 0 unspecified atom stereocenters. The predicted molar refractivity (Wildman–Crippen MR) is 163 cm³/mol. The third-order valence-corrected chi connectivity index (χ3v) is 10.1. The molecule has 2 aliphatic heterocycles. The molecule has 43 heavy (non-hydrogen) atoms. The van der Waals surface area contributed by atoms with Crippen LogP contribution in [0, 0.1) is 11.3 Å². The predicted octanol–water partition coefficient (Wildman–Crippen LogP) is 4.34. The SMILES string of the molecule is CC(C)(O)CNC(=O)[C@@H]1CCCN1S(=O)(=O)c1ccc2n1[C@](C)(Cc1ccc(C#N)cc1)C(=O)N2c1cc(Cl)cc(Cl)c1. The highest BCUT2D eigenvalue weighted by molar-refractivity contribution is 7.89. The number of hydrogen-bond acceptors (Lipinski definition) is 6. The summed E-state index contributed by atoms with van der Waals surface area (Å²) in [5.74, 6) is -0.591. The molecule has 1 saturated heterocycles. The molecular formula is C30H31Cl2N5O5S. The molecule has 5 rings (SSSR count). The number of nitrogens with one attached hydrogen (secondary N) is 1. The Balaban J connectivity index is 1.61. The average Bonchev–Trinajstić information content (AvgIpc) is 3.64. The fraction of sp³-hybridized carbons (Fsp3) is 0.367. The zero-order valence-electron chi connectivity index (χ0n) is 23.8. The van der Waals surface area contributed by atoms with Crippen molar-refractivity contribution < 1.29 is 23.1 Å². The van der Waals surface area contributed by atoms with Crippen molar-refractivity contribution in [3.8, 4) is 6.07 Å². The maximum Gasteiger partial charge on any atom is 0.259 e. The number of fused-ring (bicyclic) bond motifs is 1. The van der Waals surface area contributed by atoms with E-state index < -0.39 is 39.0 Å². The lowest BCUT2D eigenvalue weighted by Gasteiger charge is -2.29. The summed E-state index contributed by atoms with van der Waals surface area (Å²) in [6.07, 6.45) is 0.906. The first-order valence-corrected chi connectivity index (χ1v) is 15.9. The van der Waals surface area contributed by atoms with Gasteiger partial charge in [-0.15, -0.1) is 0 Å². The van der Waals surface area contributed by atoms with Crippen molar-refractivity contribution in [2.24, 2.45) is 0 Å². The number of nitrogens with zero attached hydrogens (tertiary/aromatic N) is 4. The summed E-state index contributed by atoms with van der Waals surface area (Å²) >= 11 is 12.6. The van der Waals surface area contributed by atoms with Gasteiger partial charge in [-0.1, -0.05) is 35.3 Å². The number of anilines is 2. The van der Waals surface area contributed by atoms with E-state index in [1.807, 2.05) is 0 Å². The van der Waals surface area contributed by atoms with Crippen molar-refractivity contribution in [3.05, 3.63) is 75.8 Å². The molecule has 2 aromatic carbocycles. The van der Waals surface area contributed by atoms with Gasteiger partial charge < -0.3 is 15.0 Å². The summed E-state index contributed by atoms with van der Waals surface area (Å²) in [6.45, 7) is 4.85. The van der Waals surface area contributed by atoms with Gasteiger partial charge in [-0.05, 0) is 81.6 Å². The lowest BCUT2D eigenvalue weighted by Crippen LogP contribution is -2.49. The molecule has 3 aromatic rings. The summed E-state index contributed by atoms with van der Waals surface area (Å²) in [7, 11) is -4.29. The largest absolute Gasteiger partial charge is 0.389 e. The molecule has 226 valence electrons. The highest BCUT2D eigenvalue weighted by atomic mass is 35.5. The number of aromatic nitrogens is 1. The molecule has 2 aliphatic rings. The fourth-order valence-electron chi connectivity index (χ4n) is 5.72. The van der Waals surface area contributed by atoms with Gasteiger partial charge in [0, 0.05) is 29.6 Å². The lowest BCUT2D eigenvalue weighted by molar-refractivity contribution is -0.125. The normalized spacial score (nSPS) is 20.7. The fourth-order valence-corrected chi connectivity index (χ4v) is 8.14. The van der Waals surface area contributed by atoms with Crippen LogP contribution in [0.4, 0.5) is 11.5 Å². The van der Waals surface area contributed by atoms with Crippen LogP contribution < -0.4 is 10.2 Å². The van der Waals surface area contributed by atoms with Crippen LogP contribution in [0.2, 0.25) is 10.0 Å². The maximum absolute atomic E-state index is 14.3. The number of rotatable bonds is 8. The molecular weight excluding hydrogens is 613 g/mol. The number of carbonyl (C=O) groups excluding carboxylic acids is 2. The van der Waals surface area contributed by atoms with E-state index in [0.29, 0.717) is 45.5 Å². The highest BCUT2D eigenvalue weighted by Gasteiger charge is 2.52. The van der Waals surface area contributed by atoms with Gasteiger partial charge in [0.05, 0.1) is 22.9 Å². The number of sulfonamides is 1. The van der Waals surface area contributed by atoms with Gasteiger partial charge in [0.1, 0.15) is 17.4 Å². The molecule has 0 bridgehead atoms. The average molecular weight is 645 g/mol. The van der Waals surface area contributed by atoms with Crippen LogP contribution in [0.5, 0.6) is 0 Å². The van der Waals surface area contributed by atoms with Crippen molar-refractivity contribution in [3.63, 3.8) is 0 Å². The van der Waals surface area contributed by atoms with E-state index in [0.717, 1.165) is 0 Å². The van der Waals surface area contributed by atoms with Crippen molar-refractivity contribution >= 4 is 56.5 Å². The molecule has 1 fully saturated rings. The van der Waals surface area contributed by atoms with Crippen LogP contribution in [0.3, 0.4) is 0 Å². The Kier molecular flexibility index (Phi) is 8.13. The van der Waals surface area contributed by atoms with Crippen molar-refractivity contribution in [2.75, 3.05) is 18.0 Å². The van der Waals surface area contributed by atoms with Crippen molar-refractivity contribution in [1.82, 2.24) is 14.2 Å². The molecule has 13 heteroatoms. The first kappa shape index (κ1) is 31.0. The van der Waals surface area contributed by atoms with E-state index in [4.69, 9.17) is 23.2 Å². The number of hydrogen-bond donors (Lipinski definition) is 2. The van der Waals surface area contributed by atoms with Gasteiger partial charge >= 0.3 is 0 Å². The summed E-state index contributed by atoms with van der Waals surface area (Å²) in [6, 6.07) is 15.5. The minimum Gasteiger partial charge on any atom is -0.389 e. The third-order valence-electron chi connectivity index (χ3n) is 7.72. The molecule has 0 radical (unpaired) electrons. The standard InChI is InChI=1S/C30H31Cl2N5O5S/c1-29(2,40)18-34-27(38)24-5-4-12-35(24)43(41,42)26-11-10-25-36(23-14-21(31)13-22(32)15-23)28(39)30(3,37(25)26)16-19-6-8-20(17-33)9-7-19/h6-11,13-15,24,40H,4-5,12,16,18H2,1-3H3,(H,34,38)/t24-,30+/m0/s1. The summed E-state index contributed by atoms with van der Waals surface area (Å²) in [4.78, 5) is 28.8. The molecule has 2 atom stereocenters. The molecule has 2 N–H and O–H groups in total. The Hall–Kier alpha value is -3.40. The van der Waals surface area contributed by atoms with Gasteiger partial charge in [-0.2, -0.15) is 9.57 Å². The van der Waals surface area contributed by atoms with Gasteiger partial charge in [0.2, 0.25) is 5.91 Å². The molecule has 1 aromatic heterocycles. The minimum atomic E-state index is -4.29. The Labute approximate surface area is 260 Å². The van der Waals surface area contributed by atoms with Gasteiger partial charge in [0.15, 0.2) is 5.03 Å². The zero-order chi connectivity index (χ0) is 31.3. The van der Waals surface area contributed by atoms with Crippen molar-refractivity contribution in [1.29, 1.82) is 5.26 Å². The van der Waals surface area contributed by atoms with Crippen LogP contribution in [-0.2, 0) is 31.6 Å². The van der Waals surface area contributed by atoms with E-state index in [9.17, 15) is 28.4 Å². The molecule has 0 spiro atoms. The number of amides is 2. The topological polar surface area (TPSA) is 136 Å². The Morgan fingerprint density at radius 1 is 1.14 bits per heavy atom. The molecule has 2 amide bonds. The molecule has 0 saturated carbocycles. The lowest BCUT2D eigenvalue weighted by atomic mass is 9.91. The maximum atomic E-state index is 14.3. The molecule has 3 heterocycles. The van der Waals surface area contributed by atoms with Gasteiger partial charge in [0.25, 0.3) is 15.9 Å². The minimum absolute atomic E-state index is 0.0366. The monoisotopic (exact) mass is 643 g/mol. The van der Waals surface area contributed by atoms with Crippen LogP contribution >= 0.6 is 23.2 Å². The van der Waals surface area contributed by atoms with Crippen LogP contribution in [0.1, 0.15) is 44.7 Å². The van der Waals surface area contributed by atoms with Crippen LogP contribution in [0.15, 0.2) is 59.6 Å². The van der Waals surface area contributed by atoms with E-state index in [-0.39, 0.29) is 24.5 Å². The van der Waals surface area contributed by atoms with Crippen molar-refractivity contribution in [2.45, 2.75) is 62.2 Å². The number of nitriles is 1. The van der Waals surface area contributed by atoms with Crippen LogP contribution in [-0.4, -0.2) is 58.9 Å². The van der Waals surface area contributed by atoms with E-state index in [2.05, 4.69) is 11.4 Å². The number of benzene rings is 2. The quantitative estimate of drug-likeness (QED) is 0.375. The summed E-state index contributed by atoms with van der Waals surface area (Å²) in [5, 5.41) is 22.4. The van der Waals surface area contributed by atoms with E-state index in [1.54, 1.807) is 63.2 Å². The molecule has 0 aliphatic carbocycles. The smallest absolute Gasteiger partial charge is 0.259 e.